The fourth-order valence-corrected chi connectivity index (χ4v) is 2.15. The summed E-state index contributed by atoms with van der Waals surface area (Å²) in [7, 11) is 0. The quantitative estimate of drug-likeness (QED) is 0.790. The zero-order valence-corrected chi connectivity index (χ0v) is 8.76. The Labute approximate surface area is 92.9 Å². The molecule has 16 heavy (non-hydrogen) atoms. The molecular formula is C12H12F2N2. The van der Waals surface area contributed by atoms with Crippen LogP contribution >= 0.6 is 0 Å². The summed E-state index contributed by atoms with van der Waals surface area (Å²) in [5, 5.41) is 12.4. The molecule has 0 aromatic heterocycles. The highest BCUT2D eigenvalue weighted by Gasteiger charge is 2.34. The lowest BCUT2D eigenvalue weighted by atomic mass is 9.74. The molecule has 2 nitrogen and oxygen atoms in total. The second kappa shape index (κ2) is 4.18. The molecule has 0 amide bonds. The first-order chi connectivity index (χ1) is 7.66. The van der Waals surface area contributed by atoms with Crippen LogP contribution in [0.1, 0.15) is 18.4 Å². The number of halogens is 2. The van der Waals surface area contributed by atoms with Crippen LogP contribution < -0.4 is 5.32 Å². The molecule has 0 saturated carbocycles. The van der Waals surface area contributed by atoms with Gasteiger partial charge in [-0.05, 0) is 43.6 Å². The molecule has 0 aliphatic carbocycles. The van der Waals surface area contributed by atoms with E-state index in [4.69, 9.17) is 0 Å². The van der Waals surface area contributed by atoms with Gasteiger partial charge in [-0.3, -0.25) is 0 Å². The summed E-state index contributed by atoms with van der Waals surface area (Å²) in [4.78, 5) is 0. The Morgan fingerprint density at radius 1 is 1.12 bits per heavy atom. The van der Waals surface area contributed by atoms with Gasteiger partial charge in [-0.15, -0.1) is 0 Å². The SMILES string of the molecule is N#CC1(c2cc(F)cc(F)c2)CCNCC1. The van der Waals surface area contributed by atoms with Gasteiger partial charge in [0.1, 0.15) is 11.6 Å². The third-order valence-corrected chi connectivity index (χ3v) is 3.09. The zero-order valence-electron chi connectivity index (χ0n) is 8.76. The van der Waals surface area contributed by atoms with Crippen LogP contribution in [0.15, 0.2) is 18.2 Å². The van der Waals surface area contributed by atoms with Crippen LogP contribution in [0.2, 0.25) is 0 Å². The lowest BCUT2D eigenvalue weighted by molar-refractivity contribution is 0.379. The lowest BCUT2D eigenvalue weighted by Gasteiger charge is -2.31. The van der Waals surface area contributed by atoms with Crippen molar-refractivity contribution in [2.75, 3.05) is 13.1 Å². The standard InChI is InChI=1S/C12H12F2N2/c13-10-5-9(6-11(14)7-10)12(8-15)1-3-16-4-2-12/h5-7,16H,1-4H2. The van der Waals surface area contributed by atoms with Crippen molar-refractivity contribution in [3.05, 3.63) is 35.4 Å². The molecule has 1 N–H and O–H groups in total. The molecule has 1 aromatic carbocycles. The van der Waals surface area contributed by atoms with Crippen LogP contribution in [-0.2, 0) is 5.41 Å². The molecule has 0 spiro atoms. The number of benzene rings is 1. The molecule has 0 radical (unpaired) electrons. The smallest absolute Gasteiger partial charge is 0.126 e. The normalized spacial score (nSPS) is 19.1. The average Bonchev–Trinajstić information content (AvgIpc) is 2.28. The molecule has 1 aromatic rings. The van der Waals surface area contributed by atoms with Crippen molar-refractivity contribution in [3.63, 3.8) is 0 Å². The van der Waals surface area contributed by atoms with Crippen molar-refractivity contribution in [2.45, 2.75) is 18.3 Å². The van der Waals surface area contributed by atoms with Crippen LogP contribution in [-0.4, -0.2) is 13.1 Å². The van der Waals surface area contributed by atoms with Crippen molar-refractivity contribution in [1.29, 1.82) is 5.26 Å². The van der Waals surface area contributed by atoms with Gasteiger partial charge < -0.3 is 5.32 Å². The molecule has 1 saturated heterocycles. The molecule has 4 heteroatoms. The van der Waals surface area contributed by atoms with Crippen molar-refractivity contribution in [1.82, 2.24) is 5.32 Å². The van der Waals surface area contributed by atoms with E-state index in [9.17, 15) is 14.0 Å². The fourth-order valence-electron chi connectivity index (χ4n) is 2.15. The van der Waals surface area contributed by atoms with Crippen molar-refractivity contribution < 1.29 is 8.78 Å². The van der Waals surface area contributed by atoms with Gasteiger partial charge in [-0.25, -0.2) is 8.78 Å². The van der Waals surface area contributed by atoms with E-state index in [1.807, 2.05) is 0 Å². The third kappa shape index (κ3) is 1.91. The minimum absolute atomic E-state index is 0.453. The van der Waals surface area contributed by atoms with Crippen molar-refractivity contribution in [3.8, 4) is 6.07 Å². The number of rotatable bonds is 1. The van der Waals surface area contributed by atoms with E-state index in [-0.39, 0.29) is 0 Å². The third-order valence-electron chi connectivity index (χ3n) is 3.09. The summed E-state index contributed by atoms with van der Waals surface area (Å²) >= 11 is 0. The first-order valence-corrected chi connectivity index (χ1v) is 5.25. The number of piperidine rings is 1. The molecule has 2 rings (SSSR count). The molecule has 0 unspecified atom stereocenters. The molecule has 1 aliphatic rings. The van der Waals surface area contributed by atoms with E-state index in [2.05, 4.69) is 11.4 Å². The molecule has 0 atom stereocenters. The topological polar surface area (TPSA) is 35.8 Å². The Morgan fingerprint density at radius 3 is 2.19 bits per heavy atom. The molecule has 1 fully saturated rings. The second-order valence-corrected chi connectivity index (χ2v) is 4.10. The van der Waals surface area contributed by atoms with Gasteiger partial charge >= 0.3 is 0 Å². The van der Waals surface area contributed by atoms with E-state index < -0.39 is 17.0 Å². The van der Waals surface area contributed by atoms with E-state index in [1.54, 1.807) is 0 Å². The predicted octanol–water partition coefficient (Wildman–Crippen LogP) is 2.11. The van der Waals surface area contributed by atoms with Gasteiger partial charge in [0.05, 0.1) is 11.5 Å². The predicted molar refractivity (Wildman–Crippen MR) is 55.8 cm³/mol. The van der Waals surface area contributed by atoms with Gasteiger partial charge in [-0.2, -0.15) is 5.26 Å². The highest BCUT2D eigenvalue weighted by atomic mass is 19.1. The average molecular weight is 222 g/mol. The van der Waals surface area contributed by atoms with Crippen LogP contribution in [0.4, 0.5) is 8.78 Å². The van der Waals surface area contributed by atoms with Gasteiger partial charge in [-0.1, -0.05) is 0 Å². The van der Waals surface area contributed by atoms with Gasteiger partial charge in [0, 0.05) is 6.07 Å². The Kier molecular flexibility index (Phi) is 2.88. The van der Waals surface area contributed by atoms with Crippen LogP contribution in [0.5, 0.6) is 0 Å². The minimum Gasteiger partial charge on any atom is -0.317 e. The summed E-state index contributed by atoms with van der Waals surface area (Å²) in [6, 6.07) is 5.57. The van der Waals surface area contributed by atoms with Crippen molar-refractivity contribution >= 4 is 0 Å². The number of nitrogens with zero attached hydrogens (tertiary/aromatic N) is 1. The summed E-state index contributed by atoms with van der Waals surface area (Å²) in [5.74, 6) is -1.24. The van der Waals surface area contributed by atoms with Crippen molar-refractivity contribution in [2.24, 2.45) is 0 Å². The van der Waals surface area contributed by atoms with E-state index >= 15 is 0 Å². The zero-order chi connectivity index (χ0) is 11.6. The van der Waals surface area contributed by atoms with Gasteiger partial charge in [0.25, 0.3) is 0 Å². The minimum atomic E-state index is -0.742. The number of hydrogen-bond acceptors (Lipinski definition) is 2. The maximum Gasteiger partial charge on any atom is 0.126 e. The monoisotopic (exact) mass is 222 g/mol. The molecule has 1 aliphatic heterocycles. The van der Waals surface area contributed by atoms with Gasteiger partial charge in [0.2, 0.25) is 0 Å². The van der Waals surface area contributed by atoms with Gasteiger partial charge in [0.15, 0.2) is 0 Å². The van der Waals surface area contributed by atoms with Crippen LogP contribution in [0.25, 0.3) is 0 Å². The van der Waals surface area contributed by atoms with E-state index in [1.165, 1.54) is 12.1 Å². The first-order valence-electron chi connectivity index (χ1n) is 5.25. The Hall–Kier alpha value is -1.47. The Balaban J connectivity index is 2.43. The first kappa shape index (κ1) is 11.0. The summed E-state index contributed by atoms with van der Waals surface area (Å²) < 4.78 is 26.2. The molecule has 0 bridgehead atoms. The maximum atomic E-state index is 13.1. The fraction of sp³-hybridized carbons (Fsp3) is 0.417. The maximum absolute atomic E-state index is 13.1. The summed E-state index contributed by atoms with van der Waals surface area (Å²) in [5.41, 5.74) is -0.289. The largest absolute Gasteiger partial charge is 0.317 e. The number of nitrogens with one attached hydrogen (secondary N) is 1. The lowest BCUT2D eigenvalue weighted by Crippen LogP contribution is -2.39. The van der Waals surface area contributed by atoms with Crippen LogP contribution in [0, 0.1) is 23.0 Å². The Bertz CT molecular complexity index is 411. The number of hydrogen-bond donors (Lipinski definition) is 1. The summed E-state index contributed by atoms with van der Waals surface area (Å²) in [6.07, 6.45) is 1.18. The highest BCUT2D eigenvalue weighted by Crippen LogP contribution is 2.33. The second-order valence-electron chi connectivity index (χ2n) is 4.10. The molecule has 1 heterocycles. The Morgan fingerprint density at radius 2 is 1.69 bits per heavy atom. The summed E-state index contributed by atoms with van der Waals surface area (Å²) in [6.45, 7) is 1.40. The highest BCUT2D eigenvalue weighted by molar-refractivity contribution is 5.34. The van der Waals surface area contributed by atoms with Crippen LogP contribution in [0.3, 0.4) is 0 Å². The molecule has 84 valence electrons. The van der Waals surface area contributed by atoms with E-state index in [0.717, 1.165) is 6.07 Å². The number of nitriles is 1. The van der Waals surface area contributed by atoms with E-state index in [0.29, 0.717) is 31.5 Å². The molecular weight excluding hydrogens is 210 g/mol.